The minimum atomic E-state index is -0.302. The van der Waals surface area contributed by atoms with Gasteiger partial charge in [-0.15, -0.1) is 0 Å². The Hall–Kier alpha value is -3.34. The normalized spacial score (nSPS) is 13.6. The van der Waals surface area contributed by atoms with Crippen molar-refractivity contribution in [3.05, 3.63) is 87.4 Å². The molecule has 0 spiro atoms. The zero-order valence-corrected chi connectivity index (χ0v) is 18.1. The molecule has 0 atom stereocenters. The van der Waals surface area contributed by atoms with E-state index < -0.39 is 0 Å². The number of H-pyrrole nitrogens is 1. The Balaban J connectivity index is 0.000000215. The lowest BCUT2D eigenvalue weighted by Crippen LogP contribution is -2.15. The van der Waals surface area contributed by atoms with E-state index >= 15 is 0 Å². The molecule has 0 bridgehead atoms. The van der Waals surface area contributed by atoms with Gasteiger partial charge in [0.25, 0.3) is 0 Å². The number of carbonyl (C=O) groups is 1. The Morgan fingerprint density at radius 1 is 1.17 bits per heavy atom. The van der Waals surface area contributed by atoms with Crippen LogP contribution >= 0.6 is 0 Å². The van der Waals surface area contributed by atoms with E-state index in [1.54, 1.807) is 14.0 Å². The van der Waals surface area contributed by atoms with Gasteiger partial charge < -0.3 is 4.98 Å². The molecule has 5 nitrogen and oxygen atoms in total. The SMILES string of the molecule is CCc1ccc(C2=CCCC=C2)cc1.CN=CN=C(C)c1cc(=O)c(C(C)=O)c[nH]1. The molecule has 0 radical (unpaired) electrons. The molecular weight excluding hydrogens is 374 g/mol. The van der Waals surface area contributed by atoms with Gasteiger partial charge in [-0.3, -0.25) is 14.6 Å². The molecule has 0 saturated heterocycles. The van der Waals surface area contributed by atoms with E-state index in [9.17, 15) is 9.59 Å². The second-order valence-electron chi connectivity index (χ2n) is 6.96. The number of carbonyl (C=O) groups excluding carboxylic acids is 1. The number of hydrogen-bond donors (Lipinski definition) is 1. The molecule has 5 heteroatoms. The molecule has 3 rings (SSSR count). The molecule has 1 aliphatic carbocycles. The van der Waals surface area contributed by atoms with Crippen LogP contribution in [-0.2, 0) is 6.42 Å². The fourth-order valence-corrected chi connectivity index (χ4v) is 2.93. The molecular formula is C25H29N3O2. The molecule has 1 aromatic carbocycles. The van der Waals surface area contributed by atoms with Crippen molar-refractivity contribution in [2.45, 2.75) is 40.0 Å². The van der Waals surface area contributed by atoms with Crippen LogP contribution in [0, 0.1) is 0 Å². The summed E-state index contributed by atoms with van der Waals surface area (Å²) in [6, 6.07) is 10.2. The van der Waals surface area contributed by atoms with Crippen LogP contribution in [0.4, 0.5) is 0 Å². The molecule has 0 unspecified atom stereocenters. The van der Waals surface area contributed by atoms with Crippen molar-refractivity contribution in [2.24, 2.45) is 9.98 Å². The van der Waals surface area contributed by atoms with E-state index in [0.29, 0.717) is 11.4 Å². The van der Waals surface area contributed by atoms with Crippen LogP contribution in [0.25, 0.3) is 5.57 Å². The summed E-state index contributed by atoms with van der Waals surface area (Å²) >= 11 is 0. The fourth-order valence-electron chi connectivity index (χ4n) is 2.93. The Bertz CT molecular complexity index is 1040. The number of aliphatic imine (C=N–C) groups is 2. The number of aromatic nitrogens is 1. The second-order valence-corrected chi connectivity index (χ2v) is 6.96. The quantitative estimate of drug-likeness (QED) is 0.432. The number of nitrogens with one attached hydrogen (secondary N) is 1. The van der Waals surface area contributed by atoms with Gasteiger partial charge in [-0.25, -0.2) is 4.99 Å². The van der Waals surface area contributed by atoms with Crippen molar-refractivity contribution < 1.29 is 4.79 Å². The molecule has 0 saturated carbocycles. The molecule has 0 aliphatic heterocycles. The van der Waals surface area contributed by atoms with Crippen LogP contribution in [-0.4, -0.2) is 29.9 Å². The molecule has 30 heavy (non-hydrogen) atoms. The molecule has 1 heterocycles. The van der Waals surface area contributed by atoms with Crippen LogP contribution in [0.2, 0.25) is 0 Å². The number of aryl methyl sites for hydroxylation is 1. The standard InChI is InChI=1S/C14H16.C11H13N3O2/c1-2-12-8-10-14(11-9-12)13-6-4-3-5-7-13;1-7(14-6-12-3)10-4-11(16)9(5-13-10)8(2)15/h4,6-11H,2-3,5H2,1H3;4-6H,1-3H3,(H,13,16). The molecule has 1 aromatic heterocycles. The van der Waals surface area contributed by atoms with Crippen molar-refractivity contribution >= 4 is 23.4 Å². The molecule has 0 fully saturated rings. The van der Waals surface area contributed by atoms with Crippen molar-refractivity contribution in [2.75, 3.05) is 7.05 Å². The van der Waals surface area contributed by atoms with E-state index in [0.717, 1.165) is 6.42 Å². The van der Waals surface area contributed by atoms with Gasteiger partial charge in [0.05, 0.1) is 17.0 Å². The number of hydrogen-bond acceptors (Lipinski definition) is 3. The second kappa shape index (κ2) is 11.6. The fraction of sp³-hybridized carbons (Fsp3) is 0.280. The maximum absolute atomic E-state index is 11.5. The van der Waals surface area contributed by atoms with Crippen LogP contribution in [0.1, 0.15) is 60.8 Å². The van der Waals surface area contributed by atoms with Gasteiger partial charge in [0.2, 0.25) is 0 Å². The van der Waals surface area contributed by atoms with Crippen molar-refractivity contribution in [3.63, 3.8) is 0 Å². The minimum Gasteiger partial charge on any atom is -0.359 e. The van der Waals surface area contributed by atoms with E-state index in [-0.39, 0.29) is 16.8 Å². The number of rotatable bonds is 5. The summed E-state index contributed by atoms with van der Waals surface area (Å²) in [4.78, 5) is 33.1. The number of Topliss-reactive ketones (excluding diaryl/α,β-unsaturated/α-hetero) is 1. The Labute approximate surface area is 178 Å². The van der Waals surface area contributed by atoms with Gasteiger partial charge in [-0.2, -0.15) is 0 Å². The monoisotopic (exact) mass is 403 g/mol. The maximum Gasteiger partial charge on any atom is 0.193 e. The highest BCUT2D eigenvalue weighted by atomic mass is 16.1. The first-order chi connectivity index (χ1) is 14.5. The van der Waals surface area contributed by atoms with E-state index in [1.807, 2.05) is 0 Å². The zero-order chi connectivity index (χ0) is 21.9. The summed E-state index contributed by atoms with van der Waals surface area (Å²) in [6.45, 7) is 5.30. The smallest absolute Gasteiger partial charge is 0.193 e. The molecule has 1 aliphatic rings. The lowest BCUT2D eigenvalue weighted by atomic mass is 9.98. The number of benzene rings is 1. The number of aromatic amines is 1. The minimum absolute atomic E-state index is 0.153. The topological polar surface area (TPSA) is 74.7 Å². The average Bonchev–Trinajstić information content (AvgIpc) is 2.78. The lowest BCUT2D eigenvalue weighted by molar-refractivity contribution is 0.101. The maximum atomic E-state index is 11.5. The number of ketones is 1. The highest BCUT2D eigenvalue weighted by Gasteiger charge is 2.06. The Kier molecular flexibility index (Phi) is 8.88. The first kappa shape index (κ1) is 22.9. The first-order valence-electron chi connectivity index (χ1n) is 10.1. The highest BCUT2D eigenvalue weighted by Crippen LogP contribution is 2.21. The van der Waals surface area contributed by atoms with Gasteiger partial charge in [0.1, 0.15) is 6.34 Å². The van der Waals surface area contributed by atoms with E-state index in [4.69, 9.17) is 0 Å². The summed E-state index contributed by atoms with van der Waals surface area (Å²) in [6.07, 6.45) is 13.1. The number of pyridine rings is 1. The predicted molar refractivity (Wildman–Crippen MR) is 126 cm³/mol. The van der Waals surface area contributed by atoms with Crippen LogP contribution in [0.15, 0.2) is 69.5 Å². The Morgan fingerprint density at radius 2 is 1.90 bits per heavy atom. The molecule has 2 aromatic rings. The third-order valence-electron chi connectivity index (χ3n) is 4.74. The molecule has 1 N–H and O–H groups in total. The van der Waals surface area contributed by atoms with E-state index in [1.165, 1.54) is 55.1 Å². The van der Waals surface area contributed by atoms with Gasteiger partial charge in [-0.05, 0) is 49.8 Å². The number of nitrogens with zero attached hydrogens (tertiary/aromatic N) is 2. The predicted octanol–water partition coefficient (Wildman–Crippen LogP) is 5.03. The van der Waals surface area contributed by atoms with Gasteiger partial charge in [0.15, 0.2) is 11.2 Å². The number of allylic oxidation sites excluding steroid dienone is 4. The lowest BCUT2D eigenvalue weighted by Gasteiger charge is -2.07. The average molecular weight is 404 g/mol. The van der Waals surface area contributed by atoms with E-state index in [2.05, 4.69) is 64.4 Å². The highest BCUT2D eigenvalue weighted by molar-refractivity contribution is 6.01. The van der Waals surface area contributed by atoms with Gasteiger partial charge in [-0.1, -0.05) is 49.4 Å². The third kappa shape index (κ3) is 6.62. The van der Waals surface area contributed by atoms with Crippen molar-refractivity contribution in [1.82, 2.24) is 4.98 Å². The summed E-state index contributed by atoms with van der Waals surface area (Å²) in [5.41, 5.74) is 5.20. The summed E-state index contributed by atoms with van der Waals surface area (Å²) in [5.74, 6) is -0.252. The Morgan fingerprint density at radius 3 is 2.43 bits per heavy atom. The largest absolute Gasteiger partial charge is 0.359 e. The van der Waals surface area contributed by atoms with Crippen LogP contribution in [0.3, 0.4) is 0 Å². The molecule has 156 valence electrons. The van der Waals surface area contributed by atoms with Crippen LogP contribution in [0.5, 0.6) is 0 Å². The third-order valence-corrected chi connectivity index (χ3v) is 4.74. The first-order valence-corrected chi connectivity index (χ1v) is 10.1. The van der Waals surface area contributed by atoms with Gasteiger partial charge >= 0.3 is 0 Å². The van der Waals surface area contributed by atoms with Crippen molar-refractivity contribution in [1.29, 1.82) is 0 Å². The molecule has 0 amide bonds. The zero-order valence-electron chi connectivity index (χ0n) is 18.1. The summed E-state index contributed by atoms with van der Waals surface area (Å²) in [5, 5.41) is 0. The van der Waals surface area contributed by atoms with Gasteiger partial charge in [0, 0.05) is 19.3 Å². The van der Waals surface area contributed by atoms with Crippen molar-refractivity contribution in [3.8, 4) is 0 Å². The van der Waals surface area contributed by atoms with Crippen LogP contribution < -0.4 is 5.43 Å². The summed E-state index contributed by atoms with van der Waals surface area (Å²) < 4.78 is 0. The summed E-state index contributed by atoms with van der Waals surface area (Å²) in [7, 11) is 1.61.